The number of nitrogens with zero attached hydrogens (tertiary/aromatic N) is 1. The number of likely N-dealkylation sites (tertiary alicyclic amines) is 1. The van der Waals surface area contributed by atoms with E-state index in [9.17, 15) is 5.11 Å². The van der Waals surface area contributed by atoms with Crippen LogP contribution in [-0.2, 0) is 6.54 Å². The summed E-state index contributed by atoms with van der Waals surface area (Å²) < 4.78 is 0. The Morgan fingerprint density at radius 1 is 1.50 bits per heavy atom. The van der Waals surface area contributed by atoms with Gasteiger partial charge in [-0.2, -0.15) is 11.3 Å². The fraction of sp³-hybridized carbons (Fsp3) is 0.636. The summed E-state index contributed by atoms with van der Waals surface area (Å²) in [4.78, 5) is 2.33. The van der Waals surface area contributed by atoms with Gasteiger partial charge in [-0.05, 0) is 41.1 Å². The highest BCUT2D eigenvalue weighted by Crippen LogP contribution is 2.44. The van der Waals surface area contributed by atoms with E-state index >= 15 is 0 Å². The fourth-order valence-corrected chi connectivity index (χ4v) is 3.02. The molecule has 3 rings (SSSR count). The topological polar surface area (TPSA) is 23.5 Å². The number of hydrogen-bond acceptors (Lipinski definition) is 3. The van der Waals surface area contributed by atoms with Crippen LogP contribution in [-0.4, -0.2) is 28.7 Å². The summed E-state index contributed by atoms with van der Waals surface area (Å²) in [5.41, 5.74) is 1.06. The maximum atomic E-state index is 10.1. The second-order valence-electron chi connectivity index (χ2n) is 4.65. The minimum atomic E-state index is -0.323. The van der Waals surface area contributed by atoms with Crippen molar-refractivity contribution in [2.45, 2.75) is 25.0 Å². The Morgan fingerprint density at radius 3 is 2.86 bits per heavy atom. The summed E-state index contributed by atoms with van der Waals surface area (Å²) in [5.74, 6) is 0.612. The van der Waals surface area contributed by atoms with E-state index in [0.717, 1.165) is 19.6 Å². The molecule has 2 heterocycles. The molecule has 1 N–H and O–H groups in total. The highest BCUT2D eigenvalue weighted by molar-refractivity contribution is 7.07. The molecule has 1 aliphatic heterocycles. The molecule has 0 spiro atoms. The summed E-state index contributed by atoms with van der Waals surface area (Å²) in [5, 5.41) is 14.4. The van der Waals surface area contributed by atoms with Crippen LogP contribution in [0, 0.1) is 5.92 Å². The first-order chi connectivity index (χ1) is 6.76. The van der Waals surface area contributed by atoms with Crippen molar-refractivity contribution < 1.29 is 5.11 Å². The predicted octanol–water partition coefficient (Wildman–Crippen LogP) is 1.70. The second-order valence-corrected chi connectivity index (χ2v) is 5.43. The quantitative estimate of drug-likeness (QED) is 0.819. The molecule has 1 aromatic heterocycles. The molecule has 3 heteroatoms. The Morgan fingerprint density at radius 2 is 2.29 bits per heavy atom. The van der Waals surface area contributed by atoms with E-state index in [1.807, 2.05) is 0 Å². The van der Waals surface area contributed by atoms with Crippen LogP contribution in [0.3, 0.4) is 0 Å². The molecule has 0 atom stereocenters. The molecule has 2 fully saturated rings. The Labute approximate surface area is 88.2 Å². The maximum absolute atomic E-state index is 10.1. The summed E-state index contributed by atoms with van der Waals surface area (Å²) in [6.45, 7) is 2.78. The van der Waals surface area contributed by atoms with Gasteiger partial charge in [0, 0.05) is 19.6 Å². The van der Waals surface area contributed by atoms with Gasteiger partial charge in [0.1, 0.15) is 0 Å². The molecule has 14 heavy (non-hydrogen) atoms. The number of thiophene rings is 1. The highest BCUT2D eigenvalue weighted by atomic mass is 32.1. The lowest BCUT2D eigenvalue weighted by Gasteiger charge is -2.47. The number of hydrogen-bond donors (Lipinski definition) is 1. The minimum Gasteiger partial charge on any atom is -0.387 e. The van der Waals surface area contributed by atoms with Crippen molar-refractivity contribution in [1.29, 1.82) is 0 Å². The second kappa shape index (κ2) is 3.05. The van der Waals surface area contributed by atoms with Crippen LogP contribution in [0.25, 0.3) is 0 Å². The first-order valence-corrected chi connectivity index (χ1v) is 6.16. The van der Waals surface area contributed by atoms with Crippen LogP contribution in [0.1, 0.15) is 18.4 Å². The van der Waals surface area contributed by atoms with Crippen molar-refractivity contribution in [2.75, 3.05) is 13.1 Å². The fourth-order valence-electron chi connectivity index (χ4n) is 2.36. The highest BCUT2D eigenvalue weighted by Gasteiger charge is 2.51. The van der Waals surface area contributed by atoms with Gasteiger partial charge in [0.05, 0.1) is 5.60 Å². The van der Waals surface area contributed by atoms with Gasteiger partial charge < -0.3 is 5.11 Å². The summed E-state index contributed by atoms with van der Waals surface area (Å²) in [7, 11) is 0. The number of β-amino-alcohol motifs (C(OH)–C–C–N with tert-alkyl or cyclic N) is 1. The van der Waals surface area contributed by atoms with E-state index in [4.69, 9.17) is 0 Å². The third-order valence-electron chi connectivity index (χ3n) is 3.32. The van der Waals surface area contributed by atoms with Crippen LogP contribution >= 0.6 is 11.3 Å². The van der Waals surface area contributed by atoms with Gasteiger partial charge in [-0.3, -0.25) is 4.90 Å². The lowest BCUT2D eigenvalue weighted by Crippen LogP contribution is -2.62. The van der Waals surface area contributed by atoms with Gasteiger partial charge in [0.2, 0.25) is 0 Å². The first-order valence-electron chi connectivity index (χ1n) is 5.22. The van der Waals surface area contributed by atoms with Gasteiger partial charge in [-0.15, -0.1) is 0 Å². The Bertz CT molecular complexity index is 312. The van der Waals surface area contributed by atoms with E-state index in [2.05, 4.69) is 21.7 Å². The summed E-state index contributed by atoms with van der Waals surface area (Å²) in [6, 6.07) is 2.17. The molecule has 2 nitrogen and oxygen atoms in total. The van der Waals surface area contributed by atoms with Crippen LogP contribution in [0.5, 0.6) is 0 Å². The summed E-state index contributed by atoms with van der Waals surface area (Å²) >= 11 is 1.75. The Balaban J connectivity index is 1.54. The Kier molecular flexibility index (Phi) is 1.94. The van der Waals surface area contributed by atoms with Crippen molar-refractivity contribution in [3.63, 3.8) is 0 Å². The molecule has 2 aliphatic rings. The zero-order valence-corrected chi connectivity index (χ0v) is 8.96. The average molecular weight is 209 g/mol. The lowest BCUT2D eigenvalue weighted by molar-refractivity contribution is -0.116. The van der Waals surface area contributed by atoms with Gasteiger partial charge in [-0.1, -0.05) is 0 Å². The molecular formula is C11H15NOS. The van der Waals surface area contributed by atoms with Crippen molar-refractivity contribution in [3.8, 4) is 0 Å². The molecule has 1 aliphatic carbocycles. The zero-order valence-electron chi connectivity index (χ0n) is 8.15. The van der Waals surface area contributed by atoms with E-state index in [1.54, 1.807) is 11.3 Å². The van der Waals surface area contributed by atoms with Gasteiger partial charge >= 0.3 is 0 Å². The van der Waals surface area contributed by atoms with Crippen molar-refractivity contribution in [1.82, 2.24) is 4.90 Å². The van der Waals surface area contributed by atoms with Gasteiger partial charge in [0.15, 0.2) is 0 Å². The molecule has 76 valence electrons. The van der Waals surface area contributed by atoms with E-state index in [1.165, 1.54) is 18.4 Å². The minimum absolute atomic E-state index is 0.323. The SMILES string of the molecule is OC1(C2CC2)CN(Cc2ccsc2)C1. The molecular weight excluding hydrogens is 194 g/mol. The molecule has 0 aromatic carbocycles. The van der Waals surface area contributed by atoms with E-state index in [-0.39, 0.29) is 5.60 Å². The van der Waals surface area contributed by atoms with Crippen LogP contribution in [0.4, 0.5) is 0 Å². The van der Waals surface area contributed by atoms with E-state index < -0.39 is 0 Å². The first kappa shape index (κ1) is 8.89. The number of rotatable bonds is 3. The normalized spacial score (nSPS) is 26.1. The van der Waals surface area contributed by atoms with Crippen molar-refractivity contribution in [3.05, 3.63) is 22.4 Å². The third-order valence-corrected chi connectivity index (χ3v) is 4.05. The van der Waals surface area contributed by atoms with Crippen molar-refractivity contribution in [2.24, 2.45) is 5.92 Å². The number of aliphatic hydroxyl groups is 1. The maximum Gasteiger partial charge on any atom is 0.0928 e. The third kappa shape index (κ3) is 1.49. The van der Waals surface area contributed by atoms with Crippen LogP contribution < -0.4 is 0 Å². The predicted molar refractivity (Wildman–Crippen MR) is 57.3 cm³/mol. The van der Waals surface area contributed by atoms with Gasteiger partial charge in [0.25, 0.3) is 0 Å². The molecule has 0 amide bonds. The molecule has 1 saturated carbocycles. The molecule has 0 unspecified atom stereocenters. The van der Waals surface area contributed by atoms with E-state index in [0.29, 0.717) is 5.92 Å². The largest absolute Gasteiger partial charge is 0.387 e. The zero-order chi connectivity index (χ0) is 9.60. The summed E-state index contributed by atoms with van der Waals surface area (Å²) in [6.07, 6.45) is 2.48. The Hall–Kier alpha value is -0.380. The standard InChI is InChI=1S/C11H15NOS/c13-11(10-1-2-10)7-12(8-11)5-9-3-4-14-6-9/h3-4,6,10,13H,1-2,5,7-8H2. The molecule has 1 saturated heterocycles. The molecule has 0 bridgehead atoms. The monoisotopic (exact) mass is 209 g/mol. The van der Waals surface area contributed by atoms with Crippen LogP contribution in [0.15, 0.2) is 16.8 Å². The smallest absolute Gasteiger partial charge is 0.0928 e. The van der Waals surface area contributed by atoms with Gasteiger partial charge in [-0.25, -0.2) is 0 Å². The molecule has 1 aromatic rings. The van der Waals surface area contributed by atoms with Crippen LogP contribution in [0.2, 0.25) is 0 Å². The van der Waals surface area contributed by atoms with Crippen molar-refractivity contribution >= 4 is 11.3 Å². The lowest BCUT2D eigenvalue weighted by atomic mass is 9.88. The average Bonchev–Trinajstić information content (AvgIpc) is 2.84. The molecule has 0 radical (unpaired) electrons.